The van der Waals surface area contributed by atoms with Crippen LogP contribution in [-0.4, -0.2) is 51.5 Å². The van der Waals surface area contributed by atoms with Crippen molar-refractivity contribution in [2.45, 2.75) is 83.0 Å². The van der Waals surface area contributed by atoms with E-state index in [1.54, 1.807) is 4.52 Å². The van der Waals surface area contributed by atoms with Crippen LogP contribution in [0.2, 0.25) is 0 Å². The van der Waals surface area contributed by atoms with Crippen molar-refractivity contribution in [1.82, 2.24) is 19.5 Å². The molecule has 2 aromatic rings. The lowest BCUT2D eigenvalue weighted by molar-refractivity contribution is -0.182. The summed E-state index contributed by atoms with van der Waals surface area (Å²) in [6, 6.07) is 1.84. The lowest BCUT2D eigenvalue weighted by atomic mass is 9.77. The molecule has 0 radical (unpaired) electrons. The predicted molar refractivity (Wildman–Crippen MR) is 112 cm³/mol. The topological polar surface area (TPSA) is 33.4 Å². The summed E-state index contributed by atoms with van der Waals surface area (Å²) in [4.78, 5) is 6.09. The minimum atomic E-state index is -4.26. The van der Waals surface area contributed by atoms with Gasteiger partial charge in [-0.05, 0) is 64.5 Å². The van der Waals surface area contributed by atoms with E-state index < -0.39 is 30.2 Å². The van der Waals surface area contributed by atoms with Crippen LogP contribution in [0.1, 0.15) is 74.0 Å². The number of alkyl halides is 6. The number of hydrogen-bond donors (Lipinski definition) is 0. The van der Waals surface area contributed by atoms with Crippen molar-refractivity contribution in [3.8, 4) is 0 Å². The molecule has 0 amide bonds. The van der Waals surface area contributed by atoms with E-state index in [2.05, 4.69) is 4.98 Å². The zero-order valence-corrected chi connectivity index (χ0v) is 19.2. The molecule has 1 saturated heterocycles. The quantitative estimate of drug-likeness (QED) is 0.502. The van der Waals surface area contributed by atoms with Gasteiger partial charge in [-0.2, -0.15) is 31.4 Å². The van der Waals surface area contributed by atoms with E-state index in [-0.39, 0.29) is 25.3 Å². The smallest absolute Gasteiger partial charge is 0.294 e. The zero-order valence-electron chi connectivity index (χ0n) is 19.2. The van der Waals surface area contributed by atoms with Crippen molar-refractivity contribution in [2.75, 3.05) is 19.6 Å². The van der Waals surface area contributed by atoms with Crippen LogP contribution < -0.4 is 0 Å². The molecular weight excluding hydrogens is 446 g/mol. The summed E-state index contributed by atoms with van der Waals surface area (Å²) >= 11 is 0. The molecule has 2 aliphatic rings. The summed E-state index contributed by atoms with van der Waals surface area (Å²) in [6.45, 7) is 5.49. The van der Waals surface area contributed by atoms with Gasteiger partial charge in [0.2, 0.25) is 0 Å². The Labute approximate surface area is 189 Å². The fourth-order valence-electron chi connectivity index (χ4n) is 5.77. The first-order chi connectivity index (χ1) is 15.3. The first-order valence-corrected chi connectivity index (χ1v) is 11.5. The maximum atomic E-state index is 13.1. The van der Waals surface area contributed by atoms with E-state index >= 15 is 0 Å². The Morgan fingerprint density at radius 3 is 2.33 bits per heavy atom. The lowest BCUT2D eigenvalue weighted by Gasteiger charge is -2.41. The lowest BCUT2D eigenvalue weighted by Crippen LogP contribution is -2.48. The average molecular weight is 477 g/mol. The van der Waals surface area contributed by atoms with Gasteiger partial charge in [0.15, 0.2) is 5.65 Å². The van der Waals surface area contributed by atoms with Crippen LogP contribution in [0.4, 0.5) is 26.3 Å². The maximum Gasteiger partial charge on any atom is 0.401 e. The van der Waals surface area contributed by atoms with Crippen molar-refractivity contribution >= 4 is 5.65 Å². The molecule has 0 unspecified atom stereocenters. The van der Waals surface area contributed by atoms with Crippen molar-refractivity contribution in [2.24, 2.45) is 5.92 Å². The van der Waals surface area contributed by atoms with E-state index in [4.69, 9.17) is 5.10 Å². The van der Waals surface area contributed by atoms with E-state index in [1.807, 2.05) is 26.8 Å². The summed E-state index contributed by atoms with van der Waals surface area (Å²) in [6.07, 6.45) is -6.04. The van der Waals surface area contributed by atoms with E-state index in [1.165, 1.54) is 4.90 Å². The Kier molecular flexibility index (Phi) is 6.20. The molecule has 0 spiro atoms. The van der Waals surface area contributed by atoms with Gasteiger partial charge in [0.1, 0.15) is 0 Å². The van der Waals surface area contributed by atoms with Gasteiger partial charge in [-0.25, -0.2) is 9.50 Å². The van der Waals surface area contributed by atoms with Gasteiger partial charge < -0.3 is 0 Å². The fraction of sp³-hybridized carbons (Fsp3) is 0.739. The van der Waals surface area contributed by atoms with Gasteiger partial charge >= 0.3 is 12.4 Å². The molecule has 0 aromatic carbocycles. The normalized spacial score (nSPS) is 27.9. The van der Waals surface area contributed by atoms with E-state index in [0.717, 1.165) is 29.1 Å². The Bertz CT molecular complexity index is 1000. The highest BCUT2D eigenvalue weighted by Gasteiger charge is 2.43. The highest BCUT2D eigenvalue weighted by molar-refractivity contribution is 5.47. The van der Waals surface area contributed by atoms with Crippen LogP contribution in [0.25, 0.3) is 5.65 Å². The number of aryl methyl sites for hydroxylation is 1. The Morgan fingerprint density at radius 2 is 1.73 bits per heavy atom. The monoisotopic (exact) mass is 476 g/mol. The number of fused-ring (bicyclic) bond motifs is 1. The molecule has 4 nitrogen and oxygen atoms in total. The first-order valence-electron chi connectivity index (χ1n) is 11.5. The average Bonchev–Trinajstić information content (AvgIpc) is 3.09. The number of piperidine rings is 1. The molecule has 1 saturated carbocycles. The molecule has 0 N–H and O–H groups in total. The third kappa shape index (κ3) is 5.00. The van der Waals surface area contributed by atoms with Crippen molar-refractivity contribution in [3.63, 3.8) is 0 Å². The third-order valence-electron chi connectivity index (χ3n) is 7.46. The summed E-state index contributed by atoms with van der Waals surface area (Å²) in [5, 5.41) is 4.78. The summed E-state index contributed by atoms with van der Waals surface area (Å²) < 4.78 is 80.1. The van der Waals surface area contributed by atoms with Crippen molar-refractivity contribution < 1.29 is 26.3 Å². The fourth-order valence-corrected chi connectivity index (χ4v) is 5.77. The predicted octanol–water partition coefficient (Wildman–Crippen LogP) is 6.10. The Balaban J connectivity index is 1.66. The molecule has 4 rings (SSSR count). The minimum Gasteiger partial charge on any atom is -0.294 e. The van der Waals surface area contributed by atoms with Gasteiger partial charge in [0, 0.05) is 29.6 Å². The number of halogens is 6. The SMILES string of the molecule is Cc1nc2cc([C@H]3CC[C@H](C(F)(F)F)CC3)nn2c([C@]2(C)CCCN(CC(F)(F)F)C2)c1C. The summed E-state index contributed by atoms with van der Waals surface area (Å²) in [7, 11) is 0. The van der Waals surface area contributed by atoms with E-state index in [0.29, 0.717) is 31.5 Å². The van der Waals surface area contributed by atoms with Gasteiger partial charge in [-0.3, -0.25) is 4.90 Å². The molecule has 33 heavy (non-hydrogen) atoms. The van der Waals surface area contributed by atoms with Crippen LogP contribution >= 0.6 is 0 Å². The molecule has 1 aliphatic heterocycles. The second-order valence-electron chi connectivity index (χ2n) is 10.1. The summed E-state index contributed by atoms with van der Waals surface area (Å²) in [5.41, 5.74) is 3.33. The Morgan fingerprint density at radius 1 is 1.06 bits per heavy atom. The van der Waals surface area contributed by atoms with Gasteiger partial charge in [-0.15, -0.1) is 0 Å². The number of aromatic nitrogens is 3. The second kappa shape index (κ2) is 8.43. The molecule has 0 bridgehead atoms. The number of likely N-dealkylation sites (tertiary alicyclic amines) is 1. The molecule has 1 atom stereocenters. The van der Waals surface area contributed by atoms with Crippen molar-refractivity contribution in [3.05, 3.63) is 28.7 Å². The van der Waals surface area contributed by atoms with Crippen LogP contribution in [0.5, 0.6) is 0 Å². The number of hydrogen-bond acceptors (Lipinski definition) is 3. The molecule has 2 fully saturated rings. The third-order valence-corrected chi connectivity index (χ3v) is 7.46. The standard InChI is InChI=1S/C23H30F6N4/c1-14-15(2)30-19-11-18(16-5-7-17(8-6-16)23(27,28)29)31-33(19)20(14)21(3)9-4-10-32(12-21)13-22(24,25)26/h11,16-17H,4-10,12-13H2,1-3H3/t16-,17-,21-/m1/s1. The van der Waals surface area contributed by atoms with Crippen LogP contribution in [0, 0.1) is 19.8 Å². The second-order valence-corrected chi connectivity index (χ2v) is 10.1. The molecule has 184 valence electrons. The number of nitrogens with zero attached hydrogens (tertiary/aromatic N) is 4. The largest absolute Gasteiger partial charge is 0.401 e. The molecule has 1 aliphatic carbocycles. The van der Waals surface area contributed by atoms with Crippen molar-refractivity contribution in [1.29, 1.82) is 0 Å². The summed E-state index contributed by atoms with van der Waals surface area (Å²) in [5.74, 6) is -1.33. The van der Waals surface area contributed by atoms with Gasteiger partial charge in [0.25, 0.3) is 0 Å². The van der Waals surface area contributed by atoms with Gasteiger partial charge in [-0.1, -0.05) is 6.92 Å². The Hall–Kier alpha value is -1.84. The van der Waals surface area contributed by atoms with Gasteiger partial charge in [0.05, 0.1) is 23.9 Å². The highest BCUT2D eigenvalue weighted by atomic mass is 19.4. The zero-order chi connectivity index (χ0) is 24.2. The number of rotatable bonds is 3. The van der Waals surface area contributed by atoms with Crippen LogP contribution in [-0.2, 0) is 5.41 Å². The molecular formula is C23H30F6N4. The first kappa shape index (κ1) is 24.3. The molecule has 3 heterocycles. The minimum absolute atomic E-state index is 0.0698. The highest BCUT2D eigenvalue weighted by Crippen LogP contribution is 2.43. The molecule has 10 heteroatoms. The molecule has 2 aromatic heterocycles. The van der Waals surface area contributed by atoms with Crippen LogP contribution in [0.15, 0.2) is 6.07 Å². The maximum absolute atomic E-state index is 13.1. The van der Waals surface area contributed by atoms with Crippen LogP contribution in [0.3, 0.4) is 0 Å². The van der Waals surface area contributed by atoms with E-state index in [9.17, 15) is 26.3 Å².